The van der Waals surface area contributed by atoms with Crippen LogP contribution in [0.15, 0.2) is 72.9 Å². The Hall–Kier alpha value is -3.63. The number of anilines is 2. The van der Waals surface area contributed by atoms with E-state index < -0.39 is 68.1 Å². The van der Waals surface area contributed by atoms with Gasteiger partial charge in [0, 0.05) is 0 Å². The summed E-state index contributed by atoms with van der Waals surface area (Å²) in [5.74, 6) is -4.09. The van der Waals surface area contributed by atoms with Crippen molar-refractivity contribution in [3.63, 3.8) is 0 Å². The fraction of sp³-hybridized carbons (Fsp3) is 0.312. The average molecular weight is 633 g/mol. The van der Waals surface area contributed by atoms with E-state index in [0.717, 1.165) is 37.1 Å². The Morgan fingerprint density at radius 2 is 1.02 bits per heavy atom. The van der Waals surface area contributed by atoms with Crippen LogP contribution in [0.2, 0.25) is 8.45 Å². The topological polar surface area (TPSA) is 82.3 Å². The van der Waals surface area contributed by atoms with Gasteiger partial charge in [-0.25, -0.2) is 0 Å². The molecular formula is C32H36F4N4O2Ti. The van der Waals surface area contributed by atoms with Crippen LogP contribution < -0.4 is 29.0 Å². The predicted octanol–water partition coefficient (Wildman–Crippen LogP) is 7.02. The Morgan fingerprint density at radius 1 is 0.651 bits per heavy atom. The van der Waals surface area contributed by atoms with Gasteiger partial charge in [0.25, 0.3) is 0 Å². The molecule has 0 saturated heterocycles. The number of unbranched alkanes of at least 4 members (excludes halogenated alkanes) is 2. The molecule has 0 fully saturated rings. The molecule has 6 nitrogen and oxygen atoms in total. The number of nitrogens with one attached hydrogen (secondary N) is 4. The number of halogens is 4. The number of amides is 4. The summed E-state index contributed by atoms with van der Waals surface area (Å²) in [6.07, 6.45) is 16.6. The number of rotatable bonds is 12. The van der Waals surface area contributed by atoms with Gasteiger partial charge in [-0.15, -0.1) is 0 Å². The van der Waals surface area contributed by atoms with Crippen molar-refractivity contribution >= 4 is 31.2 Å². The van der Waals surface area contributed by atoms with Crippen LogP contribution >= 0.6 is 0 Å². The molecule has 4 amide bonds. The van der Waals surface area contributed by atoms with Gasteiger partial charge in [0.2, 0.25) is 0 Å². The van der Waals surface area contributed by atoms with E-state index in [4.69, 9.17) is 0 Å². The first-order valence-corrected chi connectivity index (χ1v) is 17.9. The van der Waals surface area contributed by atoms with Crippen molar-refractivity contribution in [2.45, 2.75) is 48.0 Å². The van der Waals surface area contributed by atoms with Crippen molar-refractivity contribution in [1.82, 2.24) is 10.6 Å². The number of carbonyl (C=O) groups excluding carboxylic acids is 2. The summed E-state index contributed by atoms with van der Waals surface area (Å²) in [7, 11) is 0. The van der Waals surface area contributed by atoms with Gasteiger partial charge in [-0.05, 0) is 0 Å². The Kier molecular flexibility index (Phi) is 11.0. The number of hydrogen-bond acceptors (Lipinski definition) is 2. The van der Waals surface area contributed by atoms with Gasteiger partial charge in [0.1, 0.15) is 0 Å². The molecule has 43 heavy (non-hydrogen) atoms. The van der Waals surface area contributed by atoms with E-state index in [2.05, 4.69) is 21.3 Å². The molecule has 0 atom stereocenters. The molecule has 11 heteroatoms. The molecule has 0 bridgehead atoms. The Bertz CT molecular complexity index is 1340. The van der Waals surface area contributed by atoms with Crippen molar-refractivity contribution in [3.05, 3.63) is 96.1 Å². The van der Waals surface area contributed by atoms with Crippen LogP contribution in [-0.4, -0.2) is 25.2 Å². The van der Waals surface area contributed by atoms with Gasteiger partial charge in [-0.3, -0.25) is 0 Å². The van der Waals surface area contributed by atoms with Crippen LogP contribution in [0.3, 0.4) is 0 Å². The van der Waals surface area contributed by atoms with Crippen molar-refractivity contribution in [2.75, 3.05) is 23.7 Å². The van der Waals surface area contributed by atoms with Crippen molar-refractivity contribution < 1.29 is 43.7 Å². The molecule has 0 radical (unpaired) electrons. The third-order valence-corrected chi connectivity index (χ3v) is 16.2. The van der Waals surface area contributed by atoms with E-state index in [1.54, 1.807) is 48.6 Å². The van der Waals surface area contributed by atoms with Gasteiger partial charge in [0.05, 0.1) is 0 Å². The van der Waals surface area contributed by atoms with Crippen LogP contribution in [0, 0.1) is 23.3 Å². The molecule has 4 rings (SSSR count). The average Bonchev–Trinajstić information content (AvgIpc) is 3.71. The Morgan fingerprint density at radius 3 is 1.37 bits per heavy atom. The second-order valence-corrected chi connectivity index (χ2v) is 16.9. The molecule has 2 aromatic carbocycles. The summed E-state index contributed by atoms with van der Waals surface area (Å²) in [6.45, 7) is 4.63. The maximum atomic E-state index is 16.7. The van der Waals surface area contributed by atoms with Gasteiger partial charge in [-0.2, -0.15) is 0 Å². The Labute approximate surface area is 252 Å². The fourth-order valence-corrected chi connectivity index (χ4v) is 14.4. The maximum absolute atomic E-state index is 16.7. The second kappa shape index (κ2) is 14.7. The normalized spacial score (nSPS) is 14.5. The predicted molar refractivity (Wildman–Crippen MR) is 160 cm³/mol. The third-order valence-electron chi connectivity index (χ3n) is 7.69. The van der Waals surface area contributed by atoms with Crippen LogP contribution in [0.25, 0.3) is 0 Å². The quantitative estimate of drug-likeness (QED) is 0.115. The molecule has 228 valence electrons. The van der Waals surface area contributed by atoms with E-state index >= 15 is 17.6 Å². The van der Waals surface area contributed by atoms with E-state index in [1.807, 2.05) is 13.8 Å². The minimum absolute atomic E-state index is 0.303. The summed E-state index contributed by atoms with van der Waals surface area (Å²) in [4.78, 5) is 25.1. The molecule has 0 unspecified atom stereocenters. The molecule has 2 aromatic rings. The van der Waals surface area contributed by atoms with E-state index in [0.29, 0.717) is 25.9 Å². The molecule has 0 aliphatic heterocycles. The van der Waals surface area contributed by atoms with E-state index in [9.17, 15) is 9.59 Å². The summed E-state index contributed by atoms with van der Waals surface area (Å²) >= 11 is -5.06. The number of benzene rings is 2. The van der Waals surface area contributed by atoms with Crippen molar-refractivity contribution in [2.24, 2.45) is 0 Å². The van der Waals surface area contributed by atoms with Crippen LogP contribution in [-0.2, 0) is 16.6 Å². The molecule has 2 aliphatic carbocycles. The standard InChI is InChI=1S/2C11H13F2N2O.2C5H5.Ti/c2*1-2-3-6-14-11(16)15-10-5-4-8(12)7-9(10)13;2*1-2-4-5-3-1;/h2*4-5H,2-3,6H2,1H3,(H2,14,15,16);2*1-5H;. The molecule has 0 heterocycles. The SMILES string of the molecule is CCCCNC(=O)Nc1ccc(F)[c]([Ti]([c]2c(F)ccc(NC(=O)NCCCC)c2F)([CH]2C=CC=C2)[CH]2C=CC=C2)c1F. The van der Waals surface area contributed by atoms with Crippen LogP contribution in [0.4, 0.5) is 38.5 Å². The zero-order valence-corrected chi connectivity index (χ0v) is 25.7. The zero-order chi connectivity index (χ0) is 31.0. The van der Waals surface area contributed by atoms with Crippen molar-refractivity contribution in [3.8, 4) is 0 Å². The molecule has 0 spiro atoms. The van der Waals surface area contributed by atoms with Crippen LogP contribution in [0.5, 0.6) is 0 Å². The van der Waals surface area contributed by atoms with Gasteiger partial charge >= 0.3 is 253 Å². The first kappa shape index (κ1) is 32.3. The fourth-order valence-electron chi connectivity index (χ4n) is 5.63. The molecular weight excluding hydrogens is 596 g/mol. The summed E-state index contributed by atoms with van der Waals surface area (Å²) < 4.78 is 63.2. The number of carbonyl (C=O) groups is 2. The first-order valence-electron chi connectivity index (χ1n) is 14.5. The van der Waals surface area contributed by atoms with Crippen molar-refractivity contribution in [1.29, 1.82) is 0 Å². The molecule has 4 N–H and O–H groups in total. The van der Waals surface area contributed by atoms with Crippen LogP contribution in [0.1, 0.15) is 39.5 Å². The zero-order valence-electron chi connectivity index (χ0n) is 24.2. The number of urea groups is 2. The number of allylic oxidation sites excluding steroid dienone is 8. The summed E-state index contributed by atoms with van der Waals surface area (Å²) in [6, 6.07) is 2.89. The third kappa shape index (κ3) is 6.81. The number of hydrogen-bond donors (Lipinski definition) is 4. The van der Waals surface area contributed by atoms with E-state index in [-0.39, 0.29) is 11.4 Å². The van der Waals surface area contributed by atoms with Gasteiger partial charge < -0.3 is 0 Å². The summed E-state index contributed by atoms with van der Waals surface area (Å²) in [5.41, 5.74) is -0.606. The molecule has 0 aromatic heterocycles. The Balaban J connectivity index is 1.93. The molecule has 0 saturated carbocycles. The monoisotopic (exact) mass is 632 g/mol. The molecule has 2 aliphatic rings. The van der Waals surface area contributed by atoms with Gasteiger partial charge in [0.15, 0.2) is 0 Å². The second-order valence-electron chi connectivity index (χ2n) is 10.5. The van der Waals surface area contributed by atoms with Gasteiger partial charge in [-0.1, -0.05) is 0 Å². The minimum atomic E-state index is -5.06. The first-order chi connectivity index (χ1) is 20.7. The van der Waals surface area contributed by atoms with E-state index in [1.165, 1.54) is 0 Å². The summed E-state index contributed by atoms with van der Waals surface area (Å²) in [5, 5.41) is 10.2.